The highest BCUT2D eigenvalue weighted by atomic mass is 15.3. The molecule has 20 heavy (non-hydrogen) atoms. The predicted molar refractivity (Wildman–Crippen MR) is 86.8 cm³/mol. The number of hydrogen-bond acceptors (Lipinski definition) is 1. The van der Waals surface area contributed by atoms with Crippen molar-refractivity contribution < 1.29 is 0 Å². The zero-order valence-corrected chi connectivity index (χ0v) is 12.2. The van der Waals surface area contributed by atoms with Crippen LogP contribution in [-0.2, 0) is 0 Å². The molecule has 3 heteroatoms. The van der Waals surface area contributed by atoms with Crippen LogP contribution in [-0.4, -0.2) is 37.5 Å². The highest BCUT2D eigenvalue weighted by Gasteiger charge is 2.16. The molecule has 1 aromatic carbocycles. The van der Waals surface area contributed by atoms with Gasteiger partial charge in [-0.2, -0.15) is 0 Å². The fourth-order valence-electron chi connectivity index (χ4n) is 2.43. The Balaban J connectivity index is 1.92. The Morgan fingerprint density at radius 1 is 1.30 bits per heavy atom. The summed E-state index contributed by atoms with van der Waals surface area (Å²) in [4.78, 5) is 6.63. The molecule has 0 bridgehead atoms. The number of nitrogens with one attached hydrogen (secondary N) is 1. The summed E-state index contributed by atoms with van der Waals surface area (Å²) in [6, 6.07) is 10.5. The SMILES string of the molecule is C=CCNC(=NC)N1CCC(=Cc2ccccc2)CC1. The molecule has 0 amide bonds. The molecular weight excluding hydrogens is 246 g/mol. The number of piperidine rings is 1. The van der Waals surface area contributed by atoms with E-state index in [0.29, 0.717) is 0 Å². The number of guanidine groups is 1. The Bertz CT molecular complexity index is 478. The van der Waals surface area contributed by atoms with Crippen LogP contribution in [0.3, 0.4) is 0 Å². The van der Waals surface area contributed by atoms with Crippen molar-refractivity contribution in [1.29, 1.82) is 0 Å². The number of hydrogen-bond donors (Lipinski definition) is 1. The van der Waals surface area contributed by atoms with Crippen LogP contribution in [0.5, 0.6) is 0 Å². The fraction of sp³-hybridized carbons (Fsp3) is 0.353. The van der Waals surface area contributed by atoms with Gasteiger partial charge in [-0.15, -0.1) is 6.58 Å². The van der Waals surface area contributed by atoms with Gasteiger partial charge in [-0.25, -0.2) is 0 Å². The lowest BCUT2D eigenvalue weighted by molar-refractivity contribution is 0.377. The van der Waals surface area contributed by atoms with E-state index in [1.54, 1.807) is 0 Å². The van der Waals surface area contributed by atoms with Crippen LogP contribution in [0.15, 0.2) is 53.6 Å². The first-order valence-corrected chi connectivity index (χ1v) is 7.14. The minimum absolute atomic E-state index is 0.760. The highest BCUT2D eigenvalue weighted by Crippen LogP contribution is 2.19. The van der Waals surface area contributed by atoms with Crippen LogP contribution in [0.4, 0.5) is 0 Å². The second-order valence-electron chi connectivity index (χ2n) is 4.92. The van der Waals surface area contributed by atoms with Crippen molar-refractivity contribution >= 4 is 12.0 Å². The average Bonchev–Trinajstić information content (AvgIpc) is 2.50. The van der Waals surface area contributed by atoms with E-state index < -0.39 is 0 Å². The van der Waals surface area contributed by atoms with E-state index in [9.17, 15) is 0 Å². The van der Waals surface area contributed by atoms with E-state index in [4.69, 9.17) is 0 Å². The Hall–Kier alpha value is -2.03. The van der Waals surface area contributed by atoms with Crippen LogP contribution in [0.25, 0.3) is 6.08 Å². The third kappa shape index (κ3) is 3.98. The van der Waals surface area contributed by atoms with E-state index in [2.05, 4.69) is 58.2 Å². The van der Waals surface area contributed by atoms with E-state index in [1.165, 1.54) is 11.1 Å². The Labute approximate surface area is 121 Å². The Kier molecular flexibility index (Phi) is 5.42. The van der Waals surface area contributed by atoms with Gasteiger partial charge in [0.1, 0.15) is 0 Å². The van der Waals surface area contributed by atoms with E-state index in [1.807, 2.05) is 13.1 Å². The molecule has 3 nitrogen and oxygen atoms in total. The molecule has 0 unspecified atom stereocenters. The molecule has 0 aromatic heterocycles. The Morgan fingerprint density at radius 3 is 2.60 bits per heavy atom. The van der Waals surface area contributed by atoms with Crippen LogP contribution in [0.2, 0.25) is 0 Å². The van der Waals surface area contributed by atoms with Gasteiger partial charge < -0.3 is 10.2 Å². The minimum atomic E-state index is 0.760. The number of benzene rings is 1. The van der Waals surface area contributed by atoms with Crippen LogP contribution >= 0.6 is 0 Å². The third-order valence-electron chi connectivity index (χ3n) is 3.49. The zero-order chi connectivity index (χ0) is 14.2. The smallest absolute Gasteiger partial charge is 0.193 e. The molecule has 0 radical (unpaired) electrons. The normalized spacial score (nSPS) is 15.9. The monoisotopic (exact) mass is 269 g/mol. The van der Waals surface area contributed by atoms with Gasteiger partial charge in [-0.05, 0) is 18.4 Å². The van der Waals surface area contributed by atoms with Crippen LogP contribution in [0, 0.1) is 0 Å². The first kappa shape index (κ1) is 14.4. The molecule has 106 valence electrons. The minimum Gasteiger partial charge on any atom is -0.353 e. The van der Waals surface area contributed by atoms with Gasteiger partial charge in [0.25, 0.3) is 0 Å². The lowest BCUT2D eigenvalue weighted by Crippen LogP contribution is -2.44. The lowest BCUT2D eigenvalue weighted by atomic mass is 10.0. The lowest BCUT2D eigenvalue weighted by Gasteiger charge is -2.31. The quantitative estimate of drug-likeness (QED) is 0.519. The van der Waals surface area contributed by atoms with Crippen molar-refractivity contribution in [2.24, 2.45) is 4.99 Å². The van der Waals surface area contributed by atoms with Crippen molar-refractivity contribution in [3.8, 4) is 0 Å². The summed E-state index contributed by atoms with van der Waals surface area (Å²) in [6.45, 7) is 6.53. The molecule has 1 aliphatic rings. The maximum atomic E-state index is 4.32. The van der Waals surface area contributed by atoms with Gasteiger partial charge >= 0.3 is 0 Å². The van der Waals surface area contributed by atoms with Crippen molar-refractivity contribution in [2.45, 2.75) is 12.8 Å². The summed E-state index contributed by atoms with van der Waals surface area (Å²) in [5, 5.41) is 3.29. The molecule has 1 aromatic rings. The molecule has 1 saturated heterocycles. The number of rotatable bonds is 3. The molecule has 0 atom stereocenters. The molecule has 0 saturated carbocycles. The van der Waals surface area contributed by atoms with Gasteiger partial charge in [-0.3, -0.25) is 4.99 Å². The molecule has 1 heterocycles. The van der Waals surface area contributed by atoms with Crippen LogP contribution < -0.4 is 5.32 Å². The van der Waals surface area contributed by atoms with Crippen molar-refractivity contribution in [1.82, 2.24) is 10.2 Å². The second kappa shape index (κ2) is 7.53. The van der Waals surface area contributed by atoms with Crippen molar-refractivity contribution in [3.63, 3.8) is 0 Å². The average molecular weight is 269 g/mol. The summed E-state index contributed by atoms with van der Waals surface area (Å²) < 4.78 is 0. The maximum absolute atomic E-state index is 4.32. The first-order valence-electron chi connectivity index (χ1n) is 7.14. The van der Waals surface area contributed by atoms with Gasteiger partial charge in [-0.1, -0.05) is 48.1 Å². The number of likely N-dealkylation sites (tertiary alicyclic amines) is 1. The second-order valence-corrected chi connectivity index (χ2v) is 4.92. The van der Waals surface area contributed by atoms with Gasteiger partial charge in [0.05, 0.1) is 0 Å². The maximum Gasteiger partial charge on any atom is 0.193 e. The predicted octanol–water partition coefficient (Wildman–Crippen LogP) is 2.93. The third-order valence-corrected chi connectivity index (χ3v) is 3.49. The number of nitrogens with zero attached hydrogens (tertiary/aromatic N) is 2. The molecule has 2 rings (SSSR count). The highest BCUT2D eigenvalue weighted by molar-refractivity contribution is 5.80. The Morgan fingerprint density at radius 2 is 2.00 bits per heavy atom. The van der Waals surface area contributed by atoms with Gasteiger partial charge in [0.15, 0.2) is 5.96 Å². The van der Waals surface area contributed by atoms with E-state index >= 15 is 0 Å². The summed E-state index contributed by atoms with van der Waals surface area (Å²) >= 11 is 0. The van der Waals surface area contributed by atoms with E-state index in [0.717, 1.165) is 38.4 Å². The largest absolute Gasteiger partial charge is 0.353 e. The molecular formula is C17H23N3. The van der Waals surface area contributed by atoms with Crippen LogP contribution in [0.1, 0.15) is 18.4 Å². The fourth-order valence-corrected chi connectivity index (χ4v) is 2.43. The topological polar surface area (TPSA) is 27.6 Å². The summed E-state index contributed by atoms with van der Waals surface area (Å²) in [5.74, 6) is 0.976. The molecule has 0 spiro atoms. The summed E-state index contributed by atoms with van der Waals surface area (Å²) in [5.41, 5.74) is 2.82. The van der Waals surface area contributed by atoms with Crippen molar-refractivity contribution in [3.05, 3.63) is 54.1 Å². The van der Waals surface area contributed by atoms with E-state index in [-0.39, 0.29) is 0 Å². The molecule has 0 aliphatic carbocycles. The standard InChI is InChI=1S/C17H23N3/c1-3-11-19-17(18-2)20-12-9-16(10-13-20)14-15-7-5-4-6-8-15/h3-8,14H,1,9-13H2,2H3,(H,18,19). The molecule has 1 aliphatic heterocycles. The van der Waals surface area contributed by atoms with Gasteiger partial charge in [0, 0.05) is 26.7 Å². The molecule has 1 fully saturated rings. The molecule has 1 N–H and O–H groups in total. The van der Waals surface area contributed by atoms with Gasteiger partial charge in [0.2, 0.25) is 0 Å². The first-order chi connectivity index (χ1) is 9.83. The van der Waals surface area contributed by atoms with Crippen molar-refractivity contribution in [2.75, 3.05) is 26.7 Å². The summed E-state index contributed by atoms with van der Waals surface area (Å²) in [6.07, 6.45) is 6.38. The zero-order valence-electron chi connectivity index (χ0n) is 12.2. The summed E-state index contributed by atoms with van der Waals surface area (Å²) in [7, 11) is 1.83. The number of aliphatic imine (C=N–C) groups is 1.